The van der Waals surface area contributed by atoms with Gasteiger partial charge in [-0.25, -0.2) is 0 Å². The molecular weight excluding hydrogens is 721 g/mol. The Balaban J connectivity index is 0.000000286. The third-order valence-corrected chi connectivity index (χ3v) is 9.02. The van der Waals surface area contributed by atoms with Crippen LogP contribution in [0.3, 0.4) is 0 Å². The van der Waals surface area contributed by atoms with Crippen LogP contribution < -0.4 is 0 Å². The molecule has 2 heterocycles. The van der Waals surface area contributed by atoms with Crippen LogP contribution in [0.5, 0.6) is 0 Å². The first-order chi connectivity index (χ1) is 20.4. The Morgan fingerprint density at radius 1 is 0.977 bits per heavy atom. The first kappa shape index (κ1) is 35.6. The van der Waals surface area contributed by atoms with Gasteiger partial charge in [0.15, 0.2) is 5.78 Å². The molecule has 0 amide bonds. The van der Waals surface area contributed by atoms with Crippen LogP contribution in [0.15, 0.2) is 60.8 Å². The van der Waals surface area contributed by atoms with Crippen LogP contribution in [-0.4, -0.2) is 20.9 Å². The maximum atomic E-state index is 11.7. The Morgan fingerprint density at radius 3 is 2.25 bits per heavy atom. The van der Waals surface area contributed by atoms with Crippen LogP contribution >= 0.6 is 0 Å². The zero-order chi connectivity index (χ0) is 31.5. The number of carbonyl (C=O) groups is 1. The molecule has 0 unspecified atom stereocenters. The fraction of sp³-hybridized carbons (Fsp3) is 0.462. The summed E-state index contributed by atoms with van der Waals surface area (Å²) in [5.41, 5.74) is 6.39. The monoisotopic (exact) mass is 770 g/mol. The molecule has 0 aliphatic heterocycles. The van der Waals surface area contributed by atoms with E-state index in [4.69, 9.17) is 4.98 Å². The summed E-state index contributed by atoms with van der Waals surface area (Å²) in [6, 6.07) is 14.6. The van der Waals surface area contributed by atoms with Gasteiger partial charge in [-0.1, -0.05) is 91.3 Å². The van der Waals surface area contributed by atoms with Crippen LogP contribution in [0.1, 0.15) is 105 Å². The van der Waals surface area contributed by atoms with Crippen molar-refractivity contribution in [3.8, 4) is 11.3 Å². The van der Waals surface area contributed by atoms with E-state index in [-0.39, 0.29) is 54.3 Å². The largest absolute Gasteiger partial charge is 0.512 e. The van der Waals surface area contributed by atoms with Gasteiger partial charge in [0.25, 0.3) is 0 Å². The number of aliphatic hydroxyl groups is 1. The predicted molar refractivity (Wildman–Crippen MR) is 180 cm³/mol. The molecule has 1 aliphatic rings. The van der Waals surface area contributed by atoms with Crippen LogP contribution in [0, 0.1) is 23.3 Å². The van der Waals surface area contributed by atoms with E-state index >= 15 is 0 Å². The number of hydrogen-bond donors (Lipinski definition) is 1. The Morgan fingerprint density at radius 2 is 1.64 bits per heavy atom. The second-order valence-corrected chi connectivity index (χ2v) is 13.8. The molecule has 1 N–H and O–H groups in total. The van der Waals surface area contributed by atoms with Crippen LogP contribution in [-0.2, 0) is 36.7 Å². The van der Waals surface area contributed by atoms with Crippen molar-refractivity contribution in [3.63, 3.8) is 0 Å². The third kappa shape index (κ3) is 7.32. The fourth-order valence-electron chi connectivity index (χ4n) is 6.63. The van der Waals surface area contributed by atoms with Crippen molar-refractivity contribution in [2.45, 2.75) is 99.8 Å². The SMILES string of the molecule is CC(C)(C)Cc1cc2c3c(nccc3c1)-c1[c-]cc3cnccc3c1C2(C)C.CCC(CC)C(=O)/C=C(\O)C(CC)CC.[Ir]. The summed E-state index contributed by atoms with van der Waals surface area (Å²) in [4.78, 5) is 20.8. The standard InChI is InChI=1S/C26H25N2.C13H24O2.Ir/c1-25(2,3)14-16-12-17-8-11-28-24-20-7-6-18-15-27-10-9-19(18)23(20)26(4,5)21(13-16)22(17)24;1-5-10(6-2)12(14)9-13(15)11(7-3)8-4;/h6,8-13,15H,14H2,1-5H3;9-11,14H,5-8H2,1-4H3;/q-1;;/b;12-9-;. The van der Waals surface area contributed by atoms with Crippen LogP contribution in [0.25, 0.3) is 32.8 Å². The Bertz CT molecular complexity index is 1640. The van der Waals surface area contributed by atoms with E-state index in [1.165, 1.54) is 38.9 Å². The maximum absolute atomic E-state index is 11.7. The number of aromatic nitrogens is 2. The zero-order valence-corrected chi connectivity index (χ0v) is 30.4. The number of ketones is 1. The molecule has 0 bridgehead atoms. The number of pyridine rings is 2. The number of aliphatic hydroxyl groups excluding tert-OH is 1. The number of carbonyl (C=O) groups excluding carboxylic acids is 1. The maximum Gasteiger partial charge on any atom is 0.162 e. The molecule has 4 nitrogen and oxygen atoms in total. The van der Waals surface area contributed by atoms with Gasteiger partial charge in [-0.15, -0.1) is 23.3 Å². The summed E-state index contributed by atoms with van der Waals surface area (Å²) in [6.07, 6.45) is 11.7. The molecule has 5 heteroatoms. The summed E-state index contributed by atoms with van der Waals surface area (Å²) in [7, 11) is 0. The summed E-state index contributed by atoms with van der Waals surface area (Å²) in [6.45, 7) is 19.7. The molecule has 237 valence electrons. The topological polar surface area (TPSA) is 63.1 Å². The number of hydrogen-bond acceptors (Lipinski definition) is 4. The molecule has 0 saturated heterocycles. The van der Waals surface area contributed by atoms with Crippen molar-refractivity contribution in [1.29, 1.82) is 0 Å². The van der Waals surface area contributed by atoms with Crippen molar-refractivity contribution in [2.75, 3.05) is 0 Å². The normalized spacial score (nSPS) is 13.8. The van der Waals surface area contributed by atoms with Gasteiger partial charge in [0.05, 0.1) is 5.76 Å². The van der Waals surface area contributed by atoms with Crippen LogP contribution in [0.4, 0.5) is 0 Å². The number of nitrogens with zero attached hydrogens (tertiary/aromatic N) is 2. The molecule has 44 heavy (non-hydrogen) atoms. The van der Waals surface area contributed by atoms with Gasteiger partial charge in [-0.2, -0.15) is 0 Å². The van der Waals surface area contributed by atoms with Gasteiger partial charge in [0.2, 0.25) is 0 Å². The summed E-state index contributed by atoms with van der Waals surface area (Å²) in [5, 5.41) is 14.7. The van der Waals surface area contributed by atoms with Crippen molar-refractivity contribution in [2.24, 2.45) is 17.3 Å². The Kier molecular flexibility index (Phi) is 11.7. The minimum absolute atomic E-state index is 0. The van der Waals surface area contributed by atoms with Crippen molar-refractivity contribution in [3.05, 3.63) is 83.5 Å². The van der Waals surface area contributed by atoms with E-state index in [0.717, 1.165) is 48.7 Å². The second kappa shape index (κ2) is 14.5. The minimum Gasteiger partial charge on any atom is -0.512 e. The number of allylic oxidation sites excluding steroid dienone is 2. The molecule has 1 radical (unpaired) electrons. The van der Waals surface area contributed by atoms with E-state index in [1.807, 2.05) is 46.3 Å². The van der Waals surface area contributed by atoms with E-state index in [1.54, 1.807) is 0 Å². The van der Waals surface area contributed by atoms with Crippen molar-refractivity contribution >= 4 is 27.3 Å². The molecule has 4 aromatic rings. The van der Waals surface area contributed by atoms with Crippen molar-refractivity contribution in [1.82, 2.24) is 9.97 Å². The van der Waals surface area contributed by atoms with Gasteiger partial charge in [-0.05, 0) is 82.8 Å². The fourth-order valence-corrected chi connectivity index (χ4v) is 6.63. The average Bonchev–Trinajstić information content (AvgIpc) is 2.96. The molecule has 2 aromatic carbocycles. The molecule has 0 saturated carbocycles. The molecule has 0 fully saturated rings. The van der Waals surface area contributed by atoms with E-state index in [2.05, 4.69) is 76.0 Å². The number of benzene rings is 2. The van der Waals surface area contributed by atoms with E-state index in [0.29, 0.717) is 0 Å². The van der Waals surface area contributed by atoms with Gasteiger partial charge in [0, 0.05) is 50.4 Å². The average molecular weight is 770 g/mol. The zero-order valence-electron chi connectivity index (χ0n) is 28.0. The molecule has 5 rings (SSSR count). The summed E-state index contributed by atoms with van der Waals surface area (Å²) < 4.78 is 0. The second-order valence-electron chi connectivity index (χ2n) is 13.8. The first-order valence-corrected chi connectivity index (χ1v) is 16.0. The number of fused-ring (bicyclic) bond motifs is 4. The van der Waals surface area contributed by atoms with E-state index in [9.17, 15) is 9.90 Å². The minimum atomic E-state index is -0.130. The third-order valence-electron chi connectivity index (χ3n) is 9.02. The number of rotatable bonds is 8. The van der Waals surface area contributed by atoms with E-state index < -0.39 is 0 Å². The quantitative estimate of drug-likeness (QED) is 0.110. The Labute approximate surface area is 278 Å². The van der Waals surface area contributed by atoms with Crippen molar-refractivity contribution < 1.29 is 30.0 Å². The predicted octanol–water partition coefficient (Wildman–Crippen LogP) is 10.3. The summed E-state index contributed by atoms with van der Waals surface area (Å²) >= 11 is 0. The van der Waals surface area contributed by atoms with Gasteiger partial charge in [0.1, 0.15) is 0 Å². The van der Waals surface area contributed by atoms with Crippen LogP contribution in [0.2, 0.25) is 0 Å². The Hall–Kier alpha value is -2.88. The van der Waals surface area contributed by atoms with Gasteiger partial charge >= 0.3 is 0 Å². The molecule has 1 aliphatic carbocycles. The smallest absolute Gasteiger partial charge is 0.162 e. The first-order valence-electron chi connectivity index (χ1n) is 16.0. The molecule has 0 spiro atoms. The summed E-state index contributed by atoms with van der Waals surface area (Å²) in [5.74, 6) is 0.547. The van der Waals surface area contributed by atoms with Gasteiger partial charge < -0.3 is 10.1 Å². The molecular formula is C39H49IrN2O2-. The molecule has 2 aromatic heterocycles. The molecule has 0 atom stereocenters. The van der Waals surface area contributed by atoms with Gasteiger partial charge in [-0.3, -0.25) is 9.78 Å².